The molecule has 130 valence electrons. The van der Waals surface area contributed by atoms with Gasteiger partial charge < -0.3 is 5.32 Å². The summed E-state index contributed by atoms with van der Waals surface area (Å²) < 4.78 is 0. The number of amides is 2. The van der Waals surface area contributed by atoms with Crippen molar-refractivity contribution in [1.82, 2.24) is 5.43 Å². The molecule has 0 saturated carbocycles. The highest BCUT2D eigenvalue weighted by atomic mass is 16.2. The van der Waals surface area contributed by atoms with Crippen molar-refractivity contribution < 1.29 is 9.59 Å². The van der Waals surface area contributed by atoms with Crippen LogP contribution in [0.5, 0.6) is 0 Å². The van der Waals surface area contributed by atoms with E-state index in [2.05, 4.69) is 22.8 Å². The molecule has 0 heterocycles. The van der Waals surface area contributed by atoms with E-state index in [1.807, 2.05) is 54.6 Å². The molecule has 0 unspecified atom stereocenters. The molecule has 0 atom stereocenters. The van der Waals surface area contributed by atoms with Crippen LogP contribution in [0.4, 0.5) is 5.69 Å². The quantitative estimate of drug-likeness (QED) is 0.432. The predicted octanol–water partition coefficient (Wildman–Crippen LogP) is 3.49. The zero-order valence-corrected chi connectivity index (χ0v) is 14.4. The summed E-state index contributed by atoms with van der Waals surface area (Å²) in [5.74, 6) is -1.58. The molecule has 0 aromatic heterocycles. The lowest BCUT2D eigenvalue weighted by molar-refractivity contribution is -0.136. The first-order valence-corrected chi connectivity index (χ1v) is 8.38. The molecule has 3 aromatic rings. The van der Waals surface area contributed by atoms with Crippen molar-refractivity contribution in [3.8, 4) is 0 Å². The van der Waals surface area contributed by atoms with Gasteiger partial charge in [0.15, 0.2) is 0 Å². The Labute approximate surface area is 151 Å². The number of carbonyl (C=O) groups is 2. The summed E-state index contributed by atoms with van der Waals surface area (Å²) in [4.78, 5) is 23.8. The van der Waals surface area contributed by atoms with E-state index in [-0.39, 0.29) is 0 Å². The van der Waals surface area contributed by atoms with Gasteiger partial charge in [0.25, 0.3) is 0 Å². The SMILES string of the molecule is CCc1ccc(NC(=O)C(=O)N/N=C/c2cccc3ccccc23)cc1. The van der Waals surface area contributed by atoms with E-state index in [9.17, 15) is 9.59 Å². The van der Waals surface area contributed by atoms with E-state index >= 15 is 0 Å². The number of aryl methyl sites for hydroxylation is 1. The van der Waals surface area contributed by atoms with E-state index in [0.717, 1.165) is 28.3 Å². The molecular formula is C21H19N3O2. The zero-order valence-electron chi connectivity index (χ0n) is 14.4. The average Bonchev–Trinajstić information content (AvgIpc) is 2.68. The molecule has 0 aliphatic heterocycles. The van der Waals surface area contributed by atoms with Crippen LogP contribution in [0.15, 0.2) is 71.8 Å². The van der Waals surface area contributed by atoms with Gasteiger partial charge in [0.05, 0.1) is 6.21 Å². The number of hydrogen-bond donors (Lipinski definition) is 2. The van der Waals surface area contributed by atoms with E-state index < -0.39 is 11.8 Å². The van der Waals surface area contributed by atoms with Gasteiger partial charge in [-0.2, -0.15) is 5.10 Å². The number of benzene rings is 3. The van der Waals surface area contributed by atoms with Crippen molar-refractivity contribution >= 4 is 34.5 Å². The standard InChI is InChI=1S/C21H19N3O2/c1-2-15-10-12-18(13-11-15)23-20(25)21(26)24-22-14-17-8-5-7-16-6-3-4-9-19(16)17/h3-14H,2H2,1H3,(H,23,25)(H,24,26)/b22-14+. The summed E-state index contributed by atoms with van der Waals surface area (Å²) >= 11 is 0. The number of hydrazone groups is 1. The third kappa shape index (κ3) is 4.13. The van der Waals surface area contributed by atoms with Crippen molar-refractivity contribution in [2.45, 2.75) is 13.3 Å². The van der Waals surface area contributed by atoms with Crippen LogP contribution >= 0.6 is 0 Å². The van der Waals surface area contributed by atoms with Crippen LogP contribution in [0.25, 0.3) is 10.8 Å². The molecule has 26 heavy (non-hydrogen) atoms. The first-order valence-electron chi connectivity index (χ1n) is 8.38. The Morgan fingerprint density at radius 3 is 2.42 bits per heavy atom. The van der Waals surface area contributed by atoms with Crippen molar-refractivity contribution in [3.05, 3.63) is 77.9 Å². The van der Waals surface area contributed by atoms with Gasteiger partial charge in [-0.15, -0.1) is 0 Å². The summed E-state index contributed by atoms with van der Waals surface area (Å²) in [5.41, 5.74) is 4.85. The molecule has 3 aromatic carbocycles. The lowest BCUT2D eigenvalue weighted by Gasteiger charge is -2.05. The van der Waals surface area contributed by atoms with Gasteiger partial charge in [0, 0.05) is 11.3 Å². The Hall–Kier alpha value is -3.47. The molecule has 0 aliphatic rings. The van der Waals surface area contributed by atoms with Gasteiger partial charge in [0.2, 0.25) is 0 Å². The Bertz CT molecular complexity index is 957. The smallest absolute Gasteiger partial charge is 0.318 e. The monoisotopic (exact) mass is 345 g/mol. The highest BCUT2D eigenvalue weighted by Crippen LogP contribution is 2.16. The third-order valence-electron chi connectivity index (χ3n) is 4.02. The molecule has 2 N–H and O–H groups in total. The van der Waals surface area contributed by atoms with Crippen LogP contribution in [0.2, 0.25) is 0 Å². The number of hydrogen-bond acceptors (Lipinski definition) is 3. The van der Waals surface area contributed by atoms with E-state index in [1.165, 1.54) is 6.21 Å². The number of nitrogens with one attached hydrogen (secondary N) is 2. The van der Waals surface area contributed by atoms with Crippen LogP contribution in [0.1, 0.15) is 18.1 Å². The van der Waals surface area contributed by atoms with E-state index in [1.54, 1.807) is 12.1 Å². The van der Waals surface area contributed by atoms with Gasteiger partial charge in [-0.25, -0.2) is 5.43 Å². The minimum Gasteiger partial charge on any atom is -0.318 e. The first kappa shape index (κ1) is 17.4. The van der Waals surface area contributed by atoms with Gasteiger partial charge in [0.1, 0.15) is 0 Å². The summed E-state index contributed by atoms with van der Waals surface area (Å²) in [7, 11) is 0. The molecule has 5 heteroatoms. The van der Waals surface area contributed by atoms with Gasteiger partial charge in [-0.3, -0.25) is 9.59 Å². The number of anilines is 1. The fraction of sp³-hybridized carbons (Fsp3) is 0.0952. The first-order chi connectivity index (χ1) is 12.7. The second-order valence-electron chi connectivity index (χ2n) is 5.77. The lowest BCUT2D eigenvalue weighted by Crippen LogP contribution is -2.32. The van der Waals surface area contributed by atoms with Crippen molar-refractivity contribution in [2.24, 2.45) is 5.10 Å². The van der Waals surface area contributed by atoms with Crippen LogP contribution in [0, 0.1) is 0 Å². The summed E-state index contributed by atoms with van der Waals surface area (Å²) in [6.07, 6.45) is 2.45. The second kappa shape index (κ2) is 8.07. The number of fused-ring (bicyclic) bond motifs is 1. The number of rotatable bonds is 4. The lowest BCUT2D eigenvalue weighted by atomic mass is 10.1. The zero-order chi connectivity index (χ0) is 18.4. The van der Waals surface area contributed by atoms with Crippen molar-refractivity contribution in [3.63, 3.8) is 0 Å². The maximum absolute atomic E-state index is 11.9. The second-order valence-corrected chi connectivity index (χ2v) is 5.77. The molecule has 0 radical (unpaired) electrons. The fourth-order valence-corrected chi connectivity index (χ4v) is 2.59. The van der Waals surface area contributed by atoms with Gasteiger partial charge in [-0.1, -0.05) is 61.5 Å². The predicted molar refractivity (Wildman–Crippen MR) is 104 cm³/mol. The molecule has 0 fully saturated rings. The maximum atomic E-state index is 11.9. The van der Waals surface area contributed by atoms with Crippen LogP contribution in [0.3, 0.4) is 0 Å². The topological polar surface area (TPSA) is 70.6 Å². The summed E-state index contributed by atoms with van der Waals surface area (Å²) in [6, 6.07) is 21.0. The fourth-order valence-electron chi connectivity index (χ4n) is 2.59. The highest BCUT2D eigenvalue weighted by Gasteiger charge is 2.12. The average molecular weight is 345 g/mol. The van der Waals surface area contributed by atoms with Gasteiger partial charge in [-0.05, 0) is 34.9 Å². The molecular weight excluding hydrogens is 326 g/mol. The largest absolute Gasteiger partial charge is 0.329 e. The molecule has 3 rings (SSSR count). The molecule has 5 nitrogen and oxygen atoms in total. The van der Waals surface area contributed by atoms with E-state index in [4.69, 9.17) is 0 Å². The minimum absolute atomic E-state index is 0.570. The molecule has 0 spiro atoms. The molecule has 0 saturated heterocycles. The Balaban J connectivity index is 1.62. The van der Waals surface area contributed by atoms with Crippen LogP contribution in [-0.4, -0.2) is 18.0 Å². The summed E-state index contributed by atoms with van der Waals surface area (Å²) in [5, 5.41) is 8.54. The van der Waals surface area contributed by atoms with E-state index in [0.29, 0.717) is 5.69 Å². The molecule has 0 bridgehead atoms. The Kier molecular flexibility index (Phi) is 5.39. The number of carbonyl (C=O) groups excluding carboxylic acids is 2. The third-order valence-corrected chi connectivity index (χ3v) is 4.02. The van der Waals surface area contributed by atoms with Crippen LogP contribution in [-0.2, 0) is 16.0 Å². The Morgan fingerprint density at radius 1 is 0.923 bits per heavy atom. The van der Waals surface area contributed by atoms with Crippen molar-refractivity contribution in [1.29, 1.82) is 0 Å². The normalized spacial score (nSPS) is 10.8. The Morgan fingerprint density at radius 2 is 1.65 bits per heavy atom. The highest BCUT2D eigenvalue weighted by molar-refractivity contribution is 6.39. The molecule has 0 aliphatic carbocycles. The van der Waals surface area contributed by atoms with Gasteiger partial charge >= 0.3 is 11.8 Å². The van der Waals surface area contributed by atoms with Crippen molar-refractivity contribution in [2.75, 3.05) is 5.32 Å². The minimum atomic E-state index is -0.818. The number of nitrogens with zero attached hydrogens (tertiary/aromatic N) is 1. The maximum Gasteiger partial charge on any atom is 0.329 e. The molecule has 2 amide bonds. The van der Waals surface area contributed by atoms with Crippen LogP contribution < -0.4 is 10.7 Å². The summed E-state index contributed by atoms with van der Waals surface area (Å²) in [6.45, 7) is 2.05.